The lowest BCUT2D eigenvalue weighted by Crippen LogP contribution is -1.86. The van der Waals surface area contributed by atoms with E-state index in [0.29, 0.717) is 0 Å². The van der Waals surface area contributed by atoms with E-state index < -0.39 is 0 Å². The SMILES string of the molecule is CCCc1ccc(C#Cc2ccc(C#Cc3ccc(CCC)cc3)c3ccccc23)cc1. The van der Waals surface area contributed by atoms with Gasteiger partial charge in [-0.05, 0) is 71.1 Å². The molecule has 0 aliphatic rings. The van der Waals surface area contributed by atoms with Gasteiger partial charge in [0.2, 0.25) is 0 Å². The first-order valence-corrected chi connectivity index (χ1v) is 11.5. The number of rotatable bonds is 4. The fraction of sp³-hybridized carbons (Fsp3) is 0.188. The van der Waals surface area contributed by atoms with Crippen LogP contribution < -0.4 is 0 Å². The average molecular weight is 413 g/mol. The molecule has 0 saturated heterocycles. The van der Waals surface area contributed by atoms with Crippen LogP contribution in [-0.4, -0.2) is 0 Å². The summed E-state index contributed by atoms with van der Waals surface area (Å²) in [6.45, 7) is 4.41. The molecule has 0 bridgehead atoms. The molecule has 0 N–H and O–H groups in total. The molecule has 4 rings (SSSR count). The van der Waals surface area contributed by atoms with Crippen LogP contribution in [-0.2, 0) is 12.8 Å². The molecule has 0 amide bonds. The molecule has 4 aromatic rings. The topological polar surface area (TPSA) is 0 Å². The minimum Gasteiger partial charge on any atom is -0.0651 e. The van der Waals surface area contributed by atoms with Crippen LogP contribution in [0.25, 0.3) is 10.8 Å². The molecule has 0 aromatic heterocycles. The number of hydrogen-bond donors (Lipinski definition) is 0. The van der Waals surface area contributed by atoms with Gasteiger partial charge in [0.05, 0.1) is 0 Å². The van der Waals surface area contributed by atoms with Crippen molar-refractivity contribution in [2.75, 3.05) is 0 Å². The highest BCUT2D eigenvalue weighted by molar-refractivity contribution is 5.93. The van der Waals surface area contributed by atoms with Crippen LogP contribution in [0, 0.1) is 23.7 Å². The van der Waals surface area contributed by atoms with Crippen LogP contribution in [0.3, 0.4) is 0 Å². The third-order valence-corrected chi connectivity index (χ3v) is 5.59. The van der Waals surface area contributed by atoms with Crippen LogP contribution in [0.5, 0.6) is 0 Å². The molecule has 0 heteroatoms. The zero-order chi connectivity index (χ0) is 22.2. The Morgan fingerprint density at radius 3 is 1.25 bits per heavy atom. The van der Waals surface area contributed by atoms with Gasteiger partial charge >= 0.3 is 0 Å². The van der Waals surface area contributed by atoms with Crippen LogP contribution in [0.1, 0.15) is 60.1 Å². The summed E-state index contributed by atoms with van der Waals surface area (Å²) in [5, 5.41) is 2.29. The average Bonchev–Trinajstić information content (AvgIpc) is 2.84. The molecule has 4 aromatic carbocycles. The largest absolute Gasteiger partial charge is 0.0651 e. The fourth-order valence-corrected chi connectivity index (χ4v) is 3.88. The van der Waals surface area contributed by atoms with Crippen molar-refractivity contribution in [2.24, 2.45) is 0 Å². The smallest absolute Gasteiger partial charge is 0.0328 e. The Labute approximate surface area is 192 Å². The van der Waals surface area contributed by atoms with E-state index in [4.69, 9.17) is 0 Å². The second-order valence-corrected chi connectivity index (χ2v) is 8.10. The Morgan fingerprint density at radius 2 is 0.875 bits per heavy atom. The normalized spacial score (nSPS) is 10.2. The predicted molar refractivity (Wildman–Crippen MR) is 137 cm³/mol. The number of hydrogen-bond acceptors (Lipinski definition) is 0. The van der Waals surface area contributed by atoms with Crippen molar-refractivity contribution < 1.29 is 0 Å². The van der Waals surface area contributed by atoms with Crippen LogP contribution in [0.2, 0.25) is 0 Å². The first-order valence-electron chi connectivity index (χ1n) is 11.5. The molecule has 0 heterocycles. The van der Waals surface area contributed by atoms with Crippen LogP contribution >= 0.6 is 0 Å². The van der Waals surface area contributed by atoms with Gasteiger partial charge in [-0.3, -0.25) is 0 Å². The van der Waals surface area contributed by atoms with E-state index in [1.165, 1.54) is 11.1 Å². The lowest BCUT2D eigenvalue weighted by Gasteiger charge is -2.04. The van der Waals surface area contributed by atoms with E-state index in [1.54, 1.807) is 0 Å². The summed E-state index contributed by atoms with van der Waals surface area (Å²) in [4.78, 5) is 0. The molecule has 0 atom stereocenters. The van der Waals surface area contributed by atoms with Gasteiger partial charge in [0.25, 0.3) is 0 Å². The summed E-state index contributed by atoms with van der Waals surface area (Å²) in [6, 6.07) is 29.8. The van der Waals surface area contributed by atoms with Crippen molar-refractivity contribution in [3.05, 3.63) is 118 Å². The maximum absolute atomic E-state index is 3.38. The summed E-state index contributed by atoms with van der Waals surface area (Å²) in [6.07, 6.45) is 4.56. The quantitative estimate of drug-likeness (QED) is 0.304. The first-order chi connectivity index (χ1) is 15.8. The molecular weight excluding hydrogens is 384 g/mol. The predicted octanol–water partition coefficient (Wildman–Crippen LogP) is 7.54. The fourth-order valence-electron chi connectivity index (χ4n) is 3.88. The Balaban J connectivity index is 1.63. The molecule has 32 heavy (non-hydrogen) atoms. The Kier molecular flexibility index (Phi) is 7.07. The summed E-state index contributed by atoms with van der Waals surface area (Å²) in [7, 11) is 0. The molecule has 0 aliphatic heterocycles. The van der Waals surface area contributed by atoms with Gasteiger partial charge in [-0.2, -0.15) is 0 Å². The Morgan fingerprint density at radius 1 is 0.469 bits per heavy atom. The van der Waals surface area contributed by atoms with Gasteiger partial charge in [0.15, 0.2) is 0 Å². The van der Waals surface area contributed by atoms with E-state index >= 15 is 0 Å². The van der Waals surface area contributed by atoms with Crippen molar-refractivity contribution in [3.8, 4) is 23.7 Å². The van der Waals surface area contributed by atoms with E-state index in [1.807, 2.05) is 0 Å². The summed E-state index contributed by atoms with van der Waals surface area (Å²) in [5.74, 6) is 13.4. The zero-order valence-electron chi connectivity index (χ0n) is 18.9. The van der Waals surface area contributed by atoms with Crippen molar-refractivity contribution >= 4 is 10.8 Å². The molecular formula is C32H28. The van der Waals surface area contributed by atoms with E-state index in [0.717, 1.165) is 58.7 Å². The molecule has 156 valence electrons. The highest BCUT2D eigenvalue weighted by atomic mass is 14.1. The summed E-state index contributed by atoms with van der Waals surface area (Å²) >= 11 is 0. The zero-order valence-corrected chi connectivity index (χ0v) is 18.9. The highest BCUT2D eigenvalue weighted by Crippen LogP contribution is 2.22. The summed E-state index contributed by atoms with van der Waals surface area (Å²) < 4.78 is 0. The standard InChI is InChI=1S/C32H28/c1-3-7-25-11-15-27(16-12-25)19-21-29-23-24-30(32-10-6-5-9-31(29)32)22-20-28-17-13-26(8-4-2)14-18-28/h5-6,9-18,23-24H,3-4,7-8H2,1-2H3. The highest BCUT2D eigenvalue weighted by Gasteiger charge is 2.03. The molecule has 0 saturated carbocycles. The van der Waals surface area contributed by atoms with Gasteiger partial charge in [0, 0.05) is 22.3 Å². The van der Waals surface area contributed by atoms with Crippen LogP contribution in [0.4, 0.5) is 0 Å². The number of benzene rings is 4. The third-order valence-electron chi connectivity index (χ3n) is 5.59. The first kappa shape index (κ1) is 21.5. The lowest BCUT2D eigenvalue weighted by atomic mass is 9.99. The molecule has 0 radical (unpaired) electrons. The van der Waals surface area contributed by atoms with Gasteiger partial charge < -0.3 is 0 Å². The van der Waals surface area contributed by atoms with Gasteiger partial charge in [0.1, 0.15) is 0 Å². The monoisotopic (exact) mass is 412 g/mol. The Bertz CT molecular complexity index is 1210. The Hall–Kier alpha value is -3.74. The second-order valence-electron chi connectivity index (χ2n) is 8.10. The third kappa shape index (κ3) is 5.29. The van der Waals surface area contributed by atoms with Crippen molar-refractivity contribution in [2.45, 2.75) is 39.5 Å². The molecule has 0 unspecified atom stereocenters. The molecule has 0 spiro atoms. The minimum atomic E-state index is 1.03. The van der Waals surface area contributed by atoms with Crippen molar-refractivity contribution in [1.82, 2.24) is 0 Å². The van der Waals surface area contributed by atoms with E-state index in [9.17, 15) is 0 Å². The molecule has 0 aliphatic carbocycles. The van der Waals surface area contributed by atoms with Crippen molar-refractivity contribution in [3.63, 3.8) is 0 Å². The second kappa shape index (κ2) is 10.5. The van der Waals surface area contributed by atoms with Gasteiger partial charge in [-0.15, -0.1) is 0 Å². The minimum absolute atomic E-state index is 1.03. The number of aryl methyl sites for hydroxylation is 2. The number of fused-ring (bicyclic) bond motifs is 1. The maximum atomic E-state index is 3.38. The summed E-state index contributed by atoms with van der Waals surface area (Å²) in [5.41, 5.74) is 6.90. The van der Waals surface area contributed by atoms with E-state index in [-0.39, 0.29) is 0 Å². The van der Waals surface area contributed by atoms with Gasteiger partial charge in [-0.25, -0.2) is 0 Å². The van der Waals surface area contributed by atoms with Crippen molar-refractivity contribution in [1.29, 1.82) is 0 Å². The maximum Gasteiger partial charge on any atom is 0.0328 e. The lowest BCUT2D eigenvalue weighted by molar-refractivity contribution is 0.922. The van der Waals surface area contributed by atoms with Crippen LogP contribution in [0.15, 0.2) is 84.9 Å². The van der Waals surface area contributed by atoms with E-state index in [2.05, 4.69) is 122 Å². The molecule has 0 nitrogen and oxygen atoms in total. The van der Waals surface area contributed by atoms with Gasteiger partial charge in [-0.1, -0.05) is 98.9 Å². The molecule has 0 fully saturated rings.